The Morgan fingerprint density at radius 2 is 1.69 bits per heavy atom. The molecule has 0 saturated carbocycles. The summed E-state index contributed by atoms with van der Waals surface area (Å²) in [4.78, 5) is 2.23. The SMILES string of the molecule is CNC(CCN(C)C)c1cc(C)cc(C)c1. The third-order valence-corrected chi connectivity index (χ3v) is 2.86. The third kappa shape index (κ3) is 3.95. The largest absolute Gasteiger partial charge is 0.313 e. The fourth-order valence-electron chi connectivity index (χ4n) is 2.08. The second-order valence-electron chi connectivity index (χ2n) is 4.85. The quantitative estimate of drug-likeness (QED) is 0.820. The zero-order valence-corrected chi connectivity index (χ0v) is 11.2. The van der Waals surface area contributed by atoms with Crippen LogP contribution in [0.5, 0.6) is 0 Å². The van der Waals surface area contributed by atoms with Crippen LogP contribution in [-0.4, -0.2) is 32.6 Å². The Balaban J connectivity index is 2.78. The first kappa shape index (κ1) is 13.2. The highest BCUT2D eigenvalue weighted by Gasteiger charge is 2.10. The van der Waals surface area contributed by atoms with E-state index in [0.717, 1.165) is 13.0 Å². The van der Waals surface area contributed by atoms with Gasteiger partial charge in [-0.3, -0.25) is 0 Å². The van der Waals surface area contributed by atoms with E-state index in [9.17, 15) is 0 Å². The smallest absolute Gasteiger partial charge is 0.0329 e. The maximum Gasteiger partial charge on any atom is 0.0329 e. The van der Waals surface area contributed by atoms with Crippen molar-refractivity contribution in [2.24, 2.45) is 0 Å². The van der Waals surface area contributed by atoms with Crippen molar-refractivity contribution in [1.82, 2.24) is 10.2 Å². The topological polar surface area (TPSA) is 15.3 Å². The molecule has 0 bridgehead atoms. The number of hydrogen-bond acceptors (Lipinski definition) is 2. The zero-order chi connectivity index (χ0) is 12.1. The van der Waals surface area contributed by atoms with Gasteiger partial charge in [-0.2, -0.15) is 0 Å². The van der Waals surface area contributed by atoms with Crippen LogP contribution in [0.3, 0.4) is 0 Å². The summed E-state index contributed by atoms with van der Waals surface area (Å²) in [6, 6.07) is 7.25. The molecule has 0 aliphatic heterocycles. The monoisotopic (exact) mass is 220 g/mol. The minimum absolute atomic E-state index is 0.459. The lowest BCUT2D eigenvalue weighted by Gasteiger charge is -2.20. The lowest BCUT2D eigenvalue weighted by molar-refractivity contribution is 0.368. The molecule has 0 saturated heterocycles. The summed E-state index contributed by atoms with van der Waals surface area (Å²) in [7, 11) is 6.28. The molecule has 0 amide bonds. The van der Waals surface area contributed by atoms with E-state index in [1.807, 2.05) is 7.05 Å². The maximum atomic E-state index is 3.40. The van der Waals surface area contributed by atoms with Gasteiger partial charge in [0.05, 0.1) is 0 Å². The minimum Gasteiger partial charge on any atom is -0.313 e. The Hall–Kier alpha value is -0.860. The van der Waals surface area contributed by atoms with Crippen molar-refractivity contribution < 1.29 is 0 Å². The lowest BCUT2D eigenvalue weighted by Crippen LogP contribution is -2.23. The Morgan fingerprint density at radius 1 is 1.12 bits per heavy atom. The van der Waals surface area contributed by atoms with Crippen molar-refractivity contribution in [2.45, 2.75) is 26.3 Å². The Bertz CT molecular complexity index is 311. The van der Waals surface area contributed by atoms with Crippen molar-refractivity contribution in [3.8, 4) is 0 Å². The van der Waals surface area contributed by atoms with Gasteiger partial charge in [-0.1, -0.05) is 29.3 Å². The van der Waals surface area contributed by atoms with E-state index in [2.05, 4.69) is 56.4 Å². The van der Waals surface area contributed by atoms with Crippen LogP contribution in [0.25, 0.3) is 0 Å². The van der Waals surface area contributed by atoms with Gasteiger partial charge in [0.25, 0.3) is 0 Å². The first-order valence-corrected chi connectivity index (χ1v) is 5.93. The van der Waals surface area contributed by atoms with Gasteiger partial charge in [-0.05, 0) is 53.5 Å². The second kappa shape index (κ2) is 6.02. The van der Waals surface area contributed by atoms with Gasteiger partial charge in [0.15, 0.2) is 0 Å². The van der Waals surface area contributed by atoms with Gasteiger partial charge in [0, 0.05) is 6.04 Å². The molecule has 1 aromatic carbocycles. The molecule has 2 nitrogen and oxygen atoms in total. The van der Waals surface area contributed by atoms with Gasteiger partial charge in [0.1, 0.15) is 0 Å². The standard InChI is InChI=1S/C14H24N2/c1-11-8-12(2)10-13(9-11)14(15-3)6-7-16(4)5/h8-10,14-15H,6-7H2,1-5H3. The van der Waals surface area contributed by atoms with E-state index in [4.69, 9.17) is 0 Å². The number of benzene rings is 1. The summed E-state index contributed by atoms with van der Waals surface area (Å²) in [5.41, 5.74) is 4.10. The molecule has 1 aromatic rings. The molecule has 0 spiro atoms. The molecule has 0 fully saturated rings. The van der Waals surface area contributed by atoms with Crippen LogP contribution in [0, 0.1) is 13.8 Å². The van der Waals surface area contributed by atoms with Gasteiger partial charge < -0.3 is 10.2 Å². The lowest BCUT2D eigenvalue weighted by atomic mass is 9.99. The number of rotatable bonds is 5. The molecule has 16 heavy (non-hydrogen) atoms. The van der Waals surface area contributed by atoms with Gasteiger partial charge in [0.2, 0.25) is 0 Å². The van der Waals surface area contributed by atoms with Crippen LogP contribution in [0.1, 0.15) is 29.2 Å². The maximum absolute atomic E-state index is 3.40. The molecule has 0 aliphatic rings. The van der Waals surface area contributed by atoms with Crippen LogP contribution < -0.4 is 5.32 Å². The van der Waals surface area contributed by atoms with Crippen molar-refractivity contribution >= 4 is 0 Å². The van der Waals surface area contributed by atoms with Crippen LogP contribution in [0.15, 0.2) is 18.2 Å². The summed E-state index contributed by atoms with van der Waals surface area (Å²) < 4.78 is 0. The van der Waals surface area contributed by atoms with Crippen LogP contribution in [-0.2, 0) is 0 Å². The predicted octanol–water partition coefficient (Wildman–Crippen LogP) is 2.52. The molecule has 1 N–H and O–H groups in total. The summed E-state index contributed by atoms with van der Waals surface area (Å²) in [6.45, 7) is 5.43. The fraction of sp³-hybridized carbons (Fsp3) is 0.571. The molecular formula is C14H24N2. The van der Waals surface area contributed by atoms with Crippen molar-refractivity contribution in [3.63, 3.8) is 0 Å². The van der Waals surface area contributed by atoms with E-state index in [1.165, 1.54) is 16.7 Å². The van der Waals surface area contributed by atoms with Crippen LogP contribution in [0.4, 0.5) is 0 Å². The molecule has 1 atom stereocenters. The normalized spacial score (nSPS) is 13.1. The molecule has 2 heteroatoms. The van der Waals surface area contributed by atoms with Crippen LogP contribution >= 0.6 is 0 Å². The van der Waals surface area contributed by atoms with E-state index >= 15 is 0 Å². The van der Waals surface area contributed by atoms with E-state index in [0.29, 0.717) is 6.04 Å². The Morgan fingerprint density at radius 3 is 2.12 bits per heavy atom. The molecule has 90 valence electrons. The zero-order valence-electron chi connectivity index (χ0n) is 11.2. The Labute approximate surface area is 99.7 Å². The average molecular weight is 220 g/mol. The van der Waals surface area contributed by atoms with Crippen molar-refractivity contribution in [3.05, 3.63) is 34.9 Å². The summed E-state index contributed by atoms with van der Waals surface area (Å²) in [5.74, 6) is 0. The number of aryl methyl sites for hydroxylation is 2. The second-order valence-corrected chi connectivity index (χ2v) is 4.85. The molecule has 1 rings (SSSR count). The van der Waals surface area contributed by atoms with Gasteiger partial charge in [-0.25, -0.2) is 0 Å². The molecule has 0 radical (unpaired) electrons. The molecule has 0 heterocycles. The first-order valence-electron chi connectivity index (χ1n) is 5.93. The first-order chi connectivity index (χ1) is 7.52. The van der Waals surface area contributed by atoms with Gasteiger partial charge >= 0.3 is 0 Å². The molecule has 1 unspecified atom stereocenters. The average Bonchev–Trinajstić information content (AvgIpc) is 2.16. The number of nitrogens with one attached hydrogen (secondary N) is 1. The van der Waals surface area contributed by atoms with E-state index in [1.54, 1.807) is 0 Å². The summed E-state index contributed by atoms with van der Waals surface area (Å²) in [5, 5.41) is 3.40. The predicted molar refractivity (Wildman–Crippen MR) is 70.9 cm³/mol. The summed E-state index contributed by atoms with van der Waals surface area (Å²) >= 11 is 0. The highest BCUT2D eigenvalue weighted by Crippen LogP contribution is 2.19. The van der Waals surface area contributed by atoms with Gasteiger partial charge in [-0.15, -0.1) is 0 Å². The van der Waals surface area contributed by atoms with E-state index in [-0.39, 0.29) is 0 Å². The van der Waals surface area contributed by atoms with Crippen molar-refractivity contribution in [2.75, 3.05) is 27.7 Å². The highest BCUT2D eigenvalue weighted by atomic mass is 15.1. The Kier molecular flexibility index (Phi) is 4.97. The summed E-state index contributed by atoms with van der Waals surface area (Å²) in [6.07, 6.45) is 1.15. The highest BCUT2D eigenvalue weighted by molar-refractivity contribution is 5.30. The van der Waals surface area contributed by atoms with Crippen LogP contribution in [0.2, 0.25) is 0 Å². The van der Waals surface area contributed by atoms with Crippen molar-refractivity contribution in [1.29, 1.82) is 0 Å². The minimum atomic E-state index is 0.459. The molecular weight excluding hydrogens is 196 g/mol. The molecule has 0 aliphatic carbocycles. The third-order valence-electron chi connectivity index (χ3n) is 2.86. The fourth-order valence-corrected chi connectivity index (χ4v) is 2.08. The molecule has 0 aromatic heterocycles. The number of nitrogens with zero attached hydrogens (tertiary/aromatic N) is 1. The van der Waals surface area contributed by atoms with E-state index < -0.39 is 0 Å². The number of hydrogen-bond donors (Lipinski definition) is 1.